The molecule has 1 aromatic heterocycles. The van der Waals surface area contributed by atoms with Crippen LogP contribution in [0.1, 0.15) is 18.5 Å². The molecule has 0 aliphatic carbocycles. The summed E-state index contributed by atoms with van der Waals surface area (Å²) in [4.78, 5) is 17.2. The first kappa shape index (κ1) is 11.1. The minimum Gasteiger partial charge on any atom is -0.480 e. The van der Waals surface area contributed by atoms with Gasteiger partial charge < -0.3 is 5.11 Å². The van der Waals surface area contributed by atoms with Crippen molar-refractivity contribution in [3.05, 3.63) is 30.1 Å². The lowest BCUT2D eigenvalue weighted by Crippen LogP contribution is -2.37. The Morgan fingerprint density at radius 2 is 2.44 bits per heavy atom. The van der Waals surface area contributed by atoms with Gasteiger partial charge in [-0.05, 0) is 31.5 Å². The molecule has 1 atom stereocenters. The highest BCUT2D eigenvalue weighted by molar-refractivity contribution is 5.73. The molecule has 4 nitrogen and oxygen atoms in total. The molecule has 0 saturated carbocycles. The number of aliphatic carboxylic acids is 1. The highest BCUT2D eigenvalue weighted by Gasteiger charge is 2.29. The smallest absolute Gasteiger partial charge is 0.320 e. The molecular formula is C12H16N2O2. The van der Waals surface area contributed by atoms with Crippen molar-refractivity contribution >= 4 is 5.97 Å². The fourth-order valence-corrected chi connectivity index (χ4v) is 2.18. The Balaban J connectivity index is 1.88. The summed E-state index contributed by atoms with van der Waals surface area (Å²) in [6.45, 7) is 1.68. The first-order valence-corrected chi connectivity index (χ1v) is 5.64. The normalized spacial score (nSPS) is 21.1. The van der Waals surface area contributed by atoms with Crippen molar-refractivity contribution in [2.45, 2.75) is 25.3 Å². The predicted octanol–water partition coefficient (Wildman–Crippen LogP) is 1.17. The Kier molecular flexibility index (Phi) is 3.51. The summed E-state index contributed by atoms with van der Waals surface area (Å²) in [6.07, 6.45) is 4.36. The van der Waals surface area contributed by atoms with Crippen molar-refractivity contribution in [1.29, 1.82) is 0 Å². The summed E-state index contributed by atoms with van der Waals surface area (Å²) in [6, 6.07) is 5.54. The zero-order chi connectivity index (χ0) is 11.4. The van der Waals surface area contributed by atoms with Gasteiger partial charge >= 0.3 is 5.97 Å². The van der Waals surface area contributed by atoms with Crippen molar-refractivity contribution in [2.24, 2.45) is 0 Å². The Labute approximate surface area is 94.9 Å². The lowest BCUT2D eigenvalue weighted by Gasteiger charge is -2.20. The van der Waals surface area contributed by atoms with Gasteiger partial charge in [-0.1, -0.05) is 6.07 Å². The summed E-state index contributed by atoms with van der Waals surface area (Å²) in [5.74, 6) is -0.696. The molecule has 16 heavy (non-hydrogen) atoms. The highest BCUT2D eigenvalue weighted by Crippen LogP contribution is 2.17. The Morgan fingerprint density at radius 1 is 1.56 bits per heavy atom. The van der Waals surface area contributed by atoms with Crippen LogP contribution in [-0.4, -0.2) is 40.1 Å². The first-order chi connectivity index (χ1) is 7.77. The van der Waals surface area contributed by atoms with E-state index in [1.54, 1.807) is 6.20 Å². The lowest BCUT2D eigenvalue weighted by atomic mass is 10.2. The number of carbonyl (C=O) groups is 1. The molecule has 0 amide bonds. The zero-order valence-electron chi connectivity index (χ0n) is 9.17. The number of likely N-dealkylation sites (tertiary alicyclic amines) is 1. The molecule has 1 N–H and O–H groups in total. The van der Waals surface area contributed by atoms with Gasteiger partial charge in [0, 0.05) is 24.9 Å². The molecule has 1 aromatic rings. The molecule has 0 spiro atoms. The van der Waals surface area contributed by atoms with Crippen LogP contribution in [0.25, 0.3) is 0 Å². The molecule has 1 unspecified atom stereocenters. The summed E-state index contributed by atoms with van der Waals surface area (Å²) >= 11 is 0. The average molecular weight is 220 g/mol. The van der Waals surface area contributed by atoms with Crippen molar-refractivity contribution < 1.29 is 9.90 Å². The Morgan fingerprint density at radius 3 is 3.12 bits per heavy atom. The standard InChI is InChI=1S/C12H16N2O2/c15-12(16)11-5-3-8-14(11)9-6-10-4-1-2-7-13-10/h1-2,4,7,11H,3,5-6,8-9H2,(H,15,16). The van der Waals surface area contributed by atoms with Crippen molar-refractivity contribution in [3.63, 3.8) is 0 Å². The Bertz CT molecular complexity index is 353. The van der Waals surface area contributed by atoms with Gasteiger partial charge in [0.2, 0.25) is 0 Å². The molecule has 2 heterocycles. The first-order valence-electron chi connectivity index (χ1n) is 5.64. The number of rotatable bonds is 4. The molecule has 0 bridgehead atoms. The summed E-state index contributed by atoms with van der Waals surface area (Å²) in [7, 11) is 0. The molecule has 1 saturated heterocycles. The van der Waals surface area contributed by atoms with E-state index < -0.39 is 5.97 Å². The van der Waals surface area contributed by atoms with Crippen LogP contribution in [0, 0.1) is 0 Å². The van der Waals surface area contributed by atoms with Crippen LogP contribution in [0.5, 0.6) is 0 Å². The highest BCUT2D eigenvalue weighted by atomic mass is 16.4. The summed E-state index contributed by atoms with van der Waals surface area (Å²) in [5.41, 5.74) is 1.03. The molecule has 4 heteroatoms. The fourth-order valence-electron chi connectivity index (χ4n) is 2.18. The molecule has 1 aliphatic rings. The van der Waals surface area contributed by atoms with Gasteiger partial charge in [-0.2, -0.15) is 0 Å². The van der Waals surface area contributed by atoms with E-state index in [0.29, 0.717) is 0 Å². The van der Waals surface area contributed by atoms with E-state index in [1.165, 1.54) is 0 Å². The fraction of sp³-hybridized carbons (Fsp3) is 0.500. The van der Waals surface area contributed by atoms with E-state index in [1.807, 2.05) is 23.1 Å². The van der Waals surface area contributed by atoms with E-state index in [-0.39, 0.29) is 6.04 Å². The largest absolute Gasteiger partial charge is 0.480 e. The van der Waals surface area contributed by atoms with E-state index in [2.05, 4.69) is 4.98 Å². The van der Waals surface area contributed by atoms with E-state index in [9.17, 15) is 4.79 Å². The molecule has 1 aliphatic heterocycles. The minimum absolute atomic E-state index is 0.288. The number of hydrogen-bond acceptors (Lipinski definition) is 3. The van der Waals surface area contributed by atoms with Crippen LogP contribution in [0.2, 0.25) is 0 Å². The second kappa shape index (κ2) is 5.07. The molecule has 2 rings (SSSR count). The van der Waals surface area contributed by atoms with Crippen molar-refractivity contribution in [3.8, 4) is 0 Å². The van der Waals surface area contributed by atoms with Gasteiger partial charge in [-0.3, -0.25) is 14.7 Å². The van der Waals surface area contributed by atoms with Crippen molar-refractivity contribution in [2.75, 3.05) is 13.1 Å². The summed E-state index contributed by atoms with van der Waals surface area (Å²) < 4.78 is 0. The number of pyridine rings is 1. The average Bonchev–Trinajstić information content (AvgIpc) is 2.76. The third-order valence-electron chi connectivity index (χ3n) is 3.03. The third-order valence-corrected chi connectivity index (χ3v) is 3.03. The predicted molar refractivity (Wildman–Crippen MR) is 60.2 cm³/mol. The van der Waals surface area contributed by atoms with Gasteiger partial charge in [0.1, 0.15) is 6.04 Å². The quantitative estimate of drug-likeness (QED) is 0.827. The zero-order valence-corrected chi connectivity index (χ0v) is 9.17. The van der Waals surface area contributed by atoms with Crippen LogP contribution in [0.15, 0.2) is 24.4 Å². The molecule has 86 valence electrons. The maximum atomic E-state index is 11.0. The second-order valence-corrected chi connectivity index (χ2v) is 4.10. The van der Waals surface area contributed by atoms with Crippen LogP contribution >= 0.6 is 0 Å². The number of carboxylic acid groups (broad SMARTS) is 1. The lowest BCUT2D eigenvalue weighted by molar-refractivity contribution is -0.142. The van der Waals surface area contributed by atoms with Gasteiger partial charge in [0.15, 0.2) is 0 Å². The third kappa shape index (κ3) is 2.58. The molecule has 0 radical (unpaired) electrons. The van der Waals surface area contributed by atoms with Crippen LogP contribution in [0.3, 0.4) is 0 Å². The van der Waals surface area contributed by atoms with Crippen LogP contribution < -0.4 is 0 Å². The number of aromatic nitrogens is 1. The SMILES string of the molecule is O=C(O)C1CCCN1CCc1ccccn1. The topological polar surface area (TPSA) is 53.4 Å². The number of nitrogens with zero attached hydrogens (tertiary/aromatic N) is 2. The van der Waals surface area contributed by atoms with Crippen LogP contribution in [0.4, 0.5) is 0 Å². The van der Waals surface area contributed by atoms with E-state index in [4.69, 9.17) is 5.11 Å². The number of carboxylic acids is 1. The van der Waals surface area contributed by atoms with E-state index >= 15 is 0 Å². The molecule has 0 aromatic carbocycles. The Hall–Kier alpha value is -1.42. The number of hydrogen-bond donors (Lipinski definition) is 1. The molecule has 1 fully saturated rings. The van der Waals surface area contributed by atoms with Gasteiger partial charge in [-0.15, -0.1) is 0 Å². The van der Waals surface area contributed by atoms with Crippen LogP contribution in [-0.2, 0) is 11.2 Å². The maximum Gasteiger partial charge on any atom is 0.320 e. The van der Waals surface area contributed by atoms with Crippen molar-refractivity contribution in [1.82, 2.24) is 9.88 Å². The van der Waals surface area contributed by atoms with Gasteiger partial charge in [0.25, 0.3) is 0 Å². The second-order valence-electron chi connectivity index (χ2n) is 4.10. The monoisotopic (exact) mass is 220 g/mol. The summed E-state index contributed by atoms with van der Waals surface area (Å²) in [5, 5.41) is 9.02. The molecular weight excluding hydrogens is 204 g/mol. The maximum absolute atomic E-state index is 11.0. The minimum atomic E-state index is -0.696. The van der Waals surface area contributed by atoms with Gasteiger partial charge in [0.05, 0.1) is 0 Å². The van der Waals surface area contributed by atoms with Gasteiger partial charge in [-0.25, -0.2) is 0 Å². The van der Waals surface area contributed by atoms with E-state index in [0.717, 1.165) is 38.0 Å².